The lowest BCUT2D eigenvalue weighted by atomic mass is 10.2. The van der Waals surface area contributed by atoms with Crippen LogP contribution in [0.25, 0.3) is 0 Å². The third kappa shape index (κ3) is 3.80. The molecule has 20 heavy (non-hydrogen) atoms. The molecule has 1 aliphatic rings. The Morgan fingerprint density at radius 2 is 2.40 bits per heavy atom. The number of carbonyl (C=O) groups excluding carboxylic acids is 2. The Hall–Kier alpha value is -1.40. The van der Waals surface area contributed by atoms with Gasteiger partial charge in [0.15, 0.2) is 0 Å². The van der Waals surface area contributed by atoms with Crippen LogP contribution in [0, 0.1) is 0 Å². The van der Waals surface area contributed by atoms with Gasteiger partial charge in [-0.15, -0.1) is 11.8 Å². The molecule has 1 aromatic carbocycles. The molecule has 1 saturated heterocycles. The zero-order valence-electron chi connectivity index (χ0n) is 10.9. The van der Waals surface area contributed by atoms with Crippen LogP contribution in [-0.2, 0) is 9.59 Å². The lowest BCUT2D eigenvalue weighted by Gasteiger charge is -2.21. The maximum Gasteiger partial charge on any atom is 0.233 e. The predicted molar refractivity (Wildman–Crippen MR) is 80.5 cm³/mol. The molecule has 0 spiro atoms. The van der Waals surface area contributed by atoms with Gasteiger partial charge in [-0.25, -0.2) is 0 Å². The van der Waals surface area contributed by atoms with Gasteiger partial charge in [0.25, 0.3) is 0 Å². The average molecular weight is 315 g/mol. The maximum atomic E-state index is 12.0. The number of anilines is 1. The molecule has 1 atom stereocenters. The van der Waals surface area contributed by atoms with Gasteiger partial charge in [0.2, 0.25) is 11.8 Å². The van der Waals surface area contributed by atoms with E-state index in [1.165, 1.54) is 18.9 Å². The summed E-state index contributed by atoms with van der Waals surface area (Å²) in [5.74, 6) is 1.03. The number of benzene rings is 1. The number of carbonyl (C=O) groups is 2. The molecule has 2 N–H and O–H groups in total. The Balaban J connectivity index is 2.00. The first-order chi connectivity index (χ1) is 9.60. The molecular weight excluding hydrogens is 300 g/mol. The van der Waals surface area contributed by atoms with Crippen LogP contribution in [0.5, 0.6) is 5.75 Å². The van der Waals surface area contributed by atoms with Crippen molar-refractivity contribution in [2.75, 3.05) is 24.7 Å². The van der Waals surface area contributed by atoms with Crippen LogP contribution >= 0.6 is 23.4 Å². The highest BCUT2D eigenvalue weighted by molar-refractivity contribution is 8.00. The van der Waals surface area contributed by atoms with E-state index in [-0.39, 0.29) is 23.5 Å². The third-order valence-electron chi connectivity index (χ3n) is 2.82. The molecule has 2 rings (SSSR count). The van der Waals surface area contributed by atoms with E-state index in [0.717, 1.165) is 5.75 Å². The highest BCUT2D eigenvalue weighted by Gasteiger charge is 2.25. The van der Waals surface area contributed by atoms with Crippen LogP contribution in [0.15, 0.2) is 18.2 Å². The van der Waals surface area contributed by atoms with Crippen molar-refractivity contribution >= 4 is 40.9 Å². The van der Waals surface area contributed by atoms with Crippen LogP contribution in [-0.4, -0.2) is 36.5 Å². The quantitative estimate of drug-likeness (QED) is 0.891. The molecule has 1 aliphatic heterocycles. The molecule has 1 aromatic rings. The molecule has 5 nitrogen and oxygen atoms in total. The zero-order valence-corrected chi connectivity index (χ0v) is 12.5. The Morgan fingerprint density at radius 1 is 1.60 bits per heavy atom. The fourth-order valence-corrected chi connectivity index (χ4v) is 3.04. The molecule has 0 radical (unpaired) electrons. The summed E-state index contributed by atoms with van der Waals surface area (Å²) in [6, 6.07) is 4.98. The van der Waals surface area contributed by atoms with Gasteiger partial charge in [0, 0.05) is 23.7 Å². The van der Waals surface area contributed by atoms with Crippen molar-refractivity contribution in [1.29, 1.82) is 0 Å². The fourth-order valence-electron chi connectivity index (χ4n) is 1.86. The molecule has 1 heterocycles. The minimum absolute atomic E-state index is 0.0885. The van der Waals surface area contributed by atoms with Crippen LogP contribution < -0.4 is 15.4 Å². The number of amides is 2. The molecule has 1 fully saturated rings. The number of halogens is 1. The van der Waals surface area contributed by atoms with E-state index in [4.69, 9.17) is 16.3 Å². The van der Waals surface area contributed by atoms with E-state index in [2.05, 4.69) is 10.6 Å². The summed E-state index contributed by atoms with van der Waals surface area (Å²) in [5.41, 5.74) is 0.506. The highest BCUT2D eigenvalue weighted by atomic mass is 35.5. The Morgan fingerprint density at radius 3 is 3.10 bits per heavy atom. The van der Waals surface area contributed by atoms with Crippen molar-refractivity contribution in [3.05, 3.63) is 23.2 Å². The van der Waals surface area contributed by atoms with Crippen LogP contribution in [0.2, 0.25) is 5.02 Å². The van der Waals surface area contributed by atoms with Crippen LogP contribution in [0.1, 0.15) is 6.42 Å². The molecule has 108 valence electrons. The van der Waals surface area contributed by atoms with E-state index < -0.39 is 0 Å². The Labute approximate surface area is 126 Å². The predicted octanol–water partition coefficient (Wildman–Crippen LogP) is 1.91. The normalized spacial score (nSPS) is 18.3. The Bertz CT molecular complexity index is 524. The molecule has 0 aromatic heterocycles. The average Bonchev–Trinajstić information content (AvgIpc) is 2.41. The first-order valence-electron chi connectivity index (χ1n) is 6.13. The van der Waals surface area contributed by atoms with Gasteiger partial charge in [0.1, 0.15) is 5.75 Å². The molecule has 0 saturated carbocycles. The summed E-state index contributed by atoms with van der Waals surface area (Å²) in [7, 11) is 1.52. The van der Waals surface area contributed by atoms with E-state index in [9.17, 15) is 9.59 Å². The number of nitrogens with one attached hydrogen (secondary N) is 2. The third-order valence-corrected chi connectivity index (χ3v) is 4.28. The maximum absolute atomic E-state index is 12.0. The second-order valence-corrected chi connectivity index (χ2v) is 5.99. The van der Waals surface area contributed by atoms with E-state index >= 15 is 0 Å². The first-order valence-corrected chi connectivity index (χ1v) is 7.55. The van der Waals surface area contributed by atoms with Crippen molar-refractivity contribution in [3.63, 3.8) is 0 Å². The molecule has 7 heteroatoms. The molecule has 0 unspecified atom stereocenters. The minimum Gasteiger partial charge on any atom is -0.495 e. The van der Waals surface area contributed by atoms with Crippen molar-refractivity contribution in [2.24, 2.45) is 0 Å². The second kappa shape index (κ2) is 6.85. The van der Waals surface area contributed by atoms with Gasteiger partial charge in [-0.05, 0) is 18.2 Å². The van der Waals surface area contributed by atoms with Gasteiger partial charge in [-0.1, -0.05) is 11.6 Å². The smallest absolute Gasteiger partial charge is 0.233 e. The largest absolute Gasteiger partial charge is 0.495 e. The van der Waals surface area contributed by atoms with Crippen LogP contribution in [0.3, 0.4) is 0 Å². The van der Waals surface area contributed by atoms with E-state index in [1.807, 2.05) is 0 Å². The summed E-state index contributed by atoms with van der Waals surface area (Å²) < 4.78 is 5.15. The number of methoxy groups -OCH3 is 1. The van der Waals surface area contributed by atoms with E-state index in [1.54, 1.807) is 18.2 Å². The topological polar surface area (TPSA) is 67.4 Å². The SMILES string of the molecule is COc1ccc(Cl)cc1NC(=O)C[C@@H]1SCCNC1=O. The number of hydrogen-bond acceptors (Lipinski definition) is 4. The van der Waals surface area contributed by atoms with Gasteiger partial charge >= 0.3 is 0 Å². The monoisotopic (exact) mass is 314 g/mol. The number of rotatable bonds is 4. The number of thioether (sulfide) groups is 1. The van der Waals surface area contributed by atoms with E-state index in [0.29, 0.717) is 23.0 Å². The summed E-state index contributed by atoms with van der Waals surface area (Å²) in [6.45, 7) is 0.656. The molecular formula is C13H15ClN2O3S. The summed E-state index contributed by atoms with van der Waals surface area (Å²) >= 11 is 7.39. The highest BCUT2D eigenvalue weighted by Crippen LogP contribution is 2.28. The molecule has 0 bridgehead atoms. The number of hydrogen-bond donors (Lipinski definition) is 2. The summed E-state index contributed by atoms with van der Waals surface area (Å²) in [5, 5.41) is 5.64. The van der Waals surface area contributed by atoms with Gasteiger partial charge in [-0.2, -0.15) is 0 Å². The van der Waals surface area contributed by atoms with Crippen molar-refractivity contribution in [1.82, 2.24) is 5.32 Å². The van der Waals surface area contributed by atoms with Crippen molar-refractivity contribution < 1.29 is 14.3 Å². The lowest BCUT2D eigenvalue weighted by Crippen LogP contribution is -2.40. The minimum atomic E-state index is -0.339. The van der Waals surface area contributed by atoms with Gasteiger partial charge in [0.05, 0.1) is 18.0 Å². The van der Waals surface area contributed by atoms with Crippen LogP contribution in [0.4, 0.5) is 5.69 Å². The fraction of sp³-hybridized carbons (Fsp3) is 0.385. The second-order valence-electron chi connectivity index (χ2n) is 4.25. The summed E-state index contributed by atoms with van der Waals surface area (Å²) in [6.07, 6.45) is 0.131. The molecule has 0 aliphatic carbocycles. The summed E-state index contributed by atoms with van der Waals surface area (Å²) in [4.78, 5) is 23.6. The Kier molecular flexibility index (Phi) is 5.14. The standard InChI is InChI=1S/C13H15ClN2O3S/c1-19-10-3-2-8(14)6-9(10)16-12(17)7-11-13(18)15-4-5-20-11/h2-3,6,11H,4-5,7H2,1H3,(H,15,18)(H,16,17)/t11-/m0/s1. The zero-order chi connectivity index (χ0) is 14.5. The van der Waals surface area contributed by atoms with Crippen molar-refractivity contribution in [3.8, 4) is 5.75 Å². The molecule has 2 amide bonds. The van der Waals surface area contributed by atoms with Crippen molar-refractivity contribution in [2.45, 2.75) is 11.7 Å². The lowest BCUT2D eigenvalue weighted by molar-refractivity contribution is -0.123. The van der Waals surface area contributed by atoms with Gasteiger partial charge < -0.3 is 15.4 Å². The van der Waals surface area contributed by atoms with Gasteiger partial charge in [-0.3, -0.25) is 9.59 Å². The first kappa shape index (κ1) is 15.0. The number of ether oxygens (including phenoxy) is 1.